The Kier molecular flexibility index (Phi) is 8.67. The number of aryl methyl sites for hydroxylation is 3. The van der Waals surface area contributed by atoms with Gasteiger partial charge < -0.3 is 10.6 Å². The van der Waals surface area contributed by atoms with E-state index in [-0.39, 0.29) is 30.0 Å². The first-order valence-electron chi connectivity index (χ1n) is 10.4. The minimum atomic E-state index is 0. The summed E-state index contributed by atoms with van der Waals surface area (Å²) in [6.07, 6.45) is 0.899. The highest BCUT2D eigenvalue weighted by Gasteiger charge is 2.16. The van der Waals surface area contributed by atoms with E-state index in [4.69, 9.17) is 5.10 Å². The van der Waals surface area contributed by atoms with Crippen molar-refractivity contribution in [2.24, 2.45) is 12.0 Å². The number of guanidine groups is 1. The highest BCUT2D eigenvalue weighted by Crippen LogP contribution is 2.18. The van der Waals surface area contributed by atoms with E-state index in [9.17, 15) is 0 Å². The topological polar surface area (TPSA) is 72.1 Å². The molecule has 0 aliphatic carbocycles. The van der Waals surface area contributed by atoms with Crippen molar-refractivity contribution in [2.75, 3.05) is 7.05 Å². The molecule has 1 atom stereocenters. The summed E-state index contributed by atoms with van der Waals surface area (Å²) in [5.74, 6) is 0.785. The lowest BCUT2D eigenvalue weighted by Crippen LogP contribution is -2.43. The highest BCUT2D eigenvalue weighted by molar-refractivity contribution is 14.0. The van der Waals surface area contributed by atoms with E-state index >= 15 is 0 Å². The minimum absolute atomic E-state index is 0. The lowest BCUT2D eigenvalue weighted by atomic mass is 10.1. The molecule has 0 aliphatic heterocycles. The van der Waals surface area contributed by atoms with E-state index in [2.05, 4.69) is 67.5 Å². The summed E-state index contributed by atoms with van der Waals surface area (Å²) in [5.41, 5.74) is 8.01. The average Bonchev–Trinajstić information content (AvgIpc) is 3.15. The number of nitrogens with one attached hydrogen (secondary N) is 2. The summed E-state index contributed by atoms with van der Waals surface area (Å²) in [5, 5.41) is 16.2. The second-order valence-electron chi connectivity index (χ2n) is 7.84. The molecule has 0 amide bonds. The number of nitrogens with zero attached hydrogens (tertiary/aromatic N) is 5. The molecule has 2 N–H and O–H groups in total. The van der Waals surface area contributed by atoms with Crippen LogP contribution in [0.15, 0.2) is 35.3 Å². The molecule has 0 aliphatic rings. The Morgan fingerprint density at radius 1 is 1.00 bits per heavy atom. The lowest BCUT2D eigenvalue weighted by molar-refractivity contribution is 0.635. The van der Waals surface area contributed by atoms with Crippen LogP contribution in [0, 0.1) is 27.7 Å². The Labute approximate surface area is 202 Å². The Morgan fingerprint density at radius 2 is 1.65 bits per heavy atom. The predicted molar refractivity (Wildman–Crippen MR) is 138 cm³/mol. The molecule has 168 valence electrons. The number of hydrogen-bond donors (Lipinski definition) is 2. The van der Waals surface area contributed by atoms with Crippen LogP contribution in [0.4, 0.5) is 0 Å². The SMILES string of the molecule is CN=C(NCc1c(C)nn(-c2ccccc2)c1C)NC(C)Cc1c(C)nn(C)c1C.I. The molecular formula is C23H34IN7. The number of aliphatic imine (C=N–C) groups is 1. The van der Waals surface area contributed by atoms with E-state index in [1.54, 1.807) is 7.05 Å². The van der Waals surface area contributed by atoms with Gasteiger partial charge in [-0.15, -0.1) is 24.0 Å². The molecule has 8 heteroatoms. The van der Waals surface area contributed by atoms with Crippen LogP contribution in [0.5, 0.6) is 0 Å². The zero-order valence-electron chi connectivity index (χ0n) is 19.5. The average molecular weight is 535 g/mol. The Hall–Kier alpha value is -2.36. The summed E-state index contributed by atoms with van der Waals surface area (Å²) < 4.78 is 3.94. The fourth-order valence-corrected chi connectivity index (χ4v) is 3.82. The minimum Gasteiger partial charge on any atom is -0.354 e. The summed E-state index contributed by atoms with van der Waals surface area (Å²) in [4.78, 5) is 4.41. The number of aromatic nitrogens is 4. The standard InChI is InChI=1S/C23H33N7.HI/c1-15(13-21-16(2)27-29(7)18(21)4)26-23(24-6)25-14-22-17(3)28-30(19(22)5)20-11-9-8-10-12-20;/h8-12,15H,13-14H2,1-7H3,(H2,24,25,26);1H. The summed E-state index contributed by atoms with van der Waals surface area (Å²) in [7, 11) is 3.79. The van der Waals surface area contributed by atoms with Crippen LogP contribution >= 0.6 is 24.0 Å². The van der Waals surface area contributed by atoms with Gasteiger partial charge in [-0.3, -0.25) is 9.67 Å². The van der Waals surface area contributed by atoms with Crippen molar-refractivity contribution < 1.29 is 0 Å². The molecule has 31 heavy (non-hydrogen) atoms. The maximum absolute atomic E-state index is 4.73. The van der Waals surface area contributed by atoms with Gasteiger partial charge in [-0.25, -0.2) is 4.68 Å². The molecule has 1 unspecified atom stereocenters. The van der Waals surface area contributed by atoms with Crippen molar-refractivity contribution in [3.05, 3.63) is 64.2 Å². The molecule has 0 saturated carbocycles. The van der Waals surface area contributed by atoms with E-state index in [1.165, 1.54) is 16.8 Å². The summed E-state index contributed by atoms with van der Waals surface area (Å²) >= 11 is 0. The van der Waals surface area contributed by atoms with Crippen LogP contribution in [-0.2, 0) is 20.0 Å². The van der Waals surface area contributed by atoms with E-state index in [0.29, 0.717) is 6.54 Å². The first kappa shape index (κ1) is 24.9. The molecule has 0 spiro atoms. The highest BCUT2D eigenvalue weighted by atomic mass is 127. The molecule has 0 fully saturated rings. The van der Waals surface area contributed by atoms with Gasteiger partial charge in [0, 0.05) is 43.6 Å². The Morgan fingerprint density at radius 3 is 2.23 bits per heavy atom. The van der Waals surface area contributed by atoms with Crippen molar-refractivity contribution in [1.29, 1.82) is 0 Å². The molecule has 7 nitrogen and oxygen atoms in total. The number of benzene rings is 1. The quantitative estimate of drug-likeness (QED) is 0.287. The fraction of sp³-hybridized carbons (Fsp3) is 0.435. The zero-order chi connectivity index (χ0) is 21.8. The van der Waals surface area contributed by atoms with Crippen LogP contribution in [0.3, 0.4) is 0 Å². The van der Waals surface area contributed by atoms with Gasteiger partial charge in [0.15, 0.2) is 5.96 Å². The van der Waals surface area contributed by atoms with Gasteiger partial charge in [-0.2, -0.15) is 10.2 Å². The van der Waals surface area contributed by atoms with E-state index in [1.807, 2.05) is 34.6 Å². The number of para-hydroxylation sites is 1. The van der Waals surface area contributed by atoms with Gasteiger partial charge >= 0.3 is 0 Å². The summed E-state index contributed by atoms with van der Waals surface area (Å²) in [6.45, 7) is 11.2. The van der Waals surface area contributed by atoms with Crippen molar-refractivity contribution in [3.63, 3.8) is 0 Å². The van der Waals surface area contributed by atoms with Gasteiger partial charge in [0.25, 0.3) is 0 Å². The Bertz CT molecular complexity index is 1030. The second-order valence-corrected chi connectivity index (χ2v) is 7.84. The van der Waals surface area contributed by atoms with E-state index < -0.39 is 0 Å². The third-order valence-electron chi connectivity index (χ3n) is 5.65. The molecule has 2 aromatic heterocycles. The van der Waals surface area contributed by atoms with Crippen LogP contribution in [-0.4, -0.2) is 38.6 Å². The third kappa shape index (κ3) is 5.66. The second kappa shape index (κ2) is 10.8. The first-order valence-corrected chi connectivity index (χ1v) is 10.4. The normalized spacial score (nSPS) is 12.4. The number of hydrogen-bond acceptors (Lipinski definition) is 3. The smallest absolute Gasteiger partial charge is 0.191 e. The van der Waals surface area contributed by atoms with Gasteiger partial charge in [-0.1, -0.05) is 18.2 Å². The molecule has 0 bridgehead atoms. The fourth-order valence-electron chi connectivity index (χ4n) is 3.82. The maximum Gasteiger partial charge on any atom is 0.191 e. The third-order valence-corrected chi connectivity index (χ3v) is 5.65. The maximum atomic E-state index is 4.73. The van der Waals surface area contributed by atoms with Crippen molar-refractivity contribution in [1.82, 2.24) is 30.2 Å². The van der Waals surface area contributed by atoms with Crippen LogP contribution in [0.1, 0.15) is 40.8 Å². The lowest BCUT2D eigenvalue weighted by Gasteiger charge is -2.18. The molecular weight excluding hydrogens is 501 g/mol. The molecule has 3 aromatic rings. The molecule has 0 radical (unpaired) electrons. The zero-order valence-corrected chi connectivity index (χ0v) is 21.9. The number of rotatable bonds is 6. The van der Waals surface area contributed by atoms with Gasteiger partial charge in [-0.05, 0) is 58.7 Å². The number of halogens is 1. The molecule has 2 heterocycles. The van der Waals surface area contributed by atoms with Gasteiger partial charge in [0.05, 0.1) is 17.1 Å². The van der Waals surface area contributed by atoms with Gasteiger partial charge in [0.2, 0.25) is 0 Å². The molecule has 1 aromatic carbocycles. The Balaban J connectivity index is 0.00000341. The predicted octanol–water partition coefficient (Wildman–Crippen LogP) is 3.75. The first-order chi connectivity index (χ1) is 14.3. The van der Waals surface area contributed by atoms with Crippen LogP contribution < -0.4 is 10.6 Å². The van der Waals surface area contributed by atoms with Gasteiger partial charge in [0.1, 0.15) is 0 Å². The van der Waals surface area contributed by atoms with Crippen molar-refractivity contribution in [3.8, 4) is 5.69 Å². The van der Waals surface area contributed by atoms with E-state index in [0.717, 1.165) is 35.1 Å². The van der Waals surface area contributed by atoms with Crippen LogP contribution in [0.2, 0.25) is 0 Å². The van der Waals surface area contributed by atoms with Crippen molar-refractivity contribution >= 4 is 29.9 Å². The largest absolute Gasteiger partial charge is 0.354 e. The molecule has 0 saturated heterocycles. The summed E-state index contributed by atoms with van der Waals surface area (Å²) in [6, 6.07) is 10.4. The van der Waals surface area contributed by atoms with Crippen molar-refractivity contribution in [2.45, 2.75) is 53.6 Å². The monoisotopic (exact) mass is 535 g/mol. The molecule has 3 rings (SSSR count). The van der Waals surface area contributed by atoms with Crippen LogP contribution in [0.25, 0.3) is 5.69 Å².